The normalized spacial score (nSPS) is 10.6. The fraction of sp³-hybridized carbons (Fsp3) is 0.412. The number of amides is 2. The summed E-state index contributed by atoms with van der Waals surface area (Å²) in [6.45, 7) is -0.0438. The second kappa shape index (κ2) is 11.1. The monoisotopic (exact) mass is 336 g/mol. The standard InChI is InChI=1S/C17H24N2O5/c1-24-14-7-8-15(21)13(11-14)5-3-2-4-6-16(22)19-12-17(23)18-9-10-20/h3,5,7-8,11,20-21H,2,4,6,9-10,12H2,1H3,(H,18,23)(H,19,22). The van der Waals surface area contributed by atoms with E-state index in [1.54, 1.807) is 31.4 Å². The van der Waals surface area contributed by atoms with E-state index >= 15 is 0 Å². The molecule has 0 radical (unpaired) electrons. The lowest BCUT2D eigenvalue weighted by Gasteiger charge is -2.05. The molecule has 1 rings (SSSR count). The lowest BCUT2D eigenvalue weighted by Crippen LogP contribution is -2.37. The highest BCUT2D eigenvalue weighted by Crippen LogP contribution is 2.24. The number of carbonyl (C=O) groups excluding carboxylic acids is 2. The summed E-state index contributed by atoms with van der Waals surface area (Å²) < 4.78 is 5.10. The summed E-state index contributed by atoms with van der Waals surface area (Å²) in [5.41, 5.74) is 0.652. The molecule has 0 fully saturated rings. The van der Waals surface area contributed by atoms with Crippen molar-refractivity contribution in [2.24, 2.45) is 0 Å². The van der Waals surface area contributed by atoms with Gasteiger partial charge in [-0.1, -0.05) is 12.2 Å². The number of phenols is 1. The number of aliphatic hydroxyl groups excluding tert-OH is 1. The first-order valence-electron chi connectivity index (χ1n) is 7.74. The Morgan fingerprint density at radius 3 is 2.75 bits per heavy atom. The highest BCUT2D eigenvalue weighted by molar-refractivity contribution is 5.84. The highest BCUT2D eigenvalue weighted by Gasteiger charge is 2.04. The van der Waals surface area contributed by atoms with Gasteiger partial charge in [-0.05, 0) is 31.0 Å². The van der Waals surface area contributed by atoms with Gasteiger partial charge < -0.3 is 25.6 Å². The Morgan fingerprint density at radius 1 is 1.25 bits per heavy atom. The Hall–Kier alpha value is -2.54. The molecule has 2 amide bonds. The van der Waals surface area contributed by atoms with Crippen LogP contribution in [0.3, 0.4) is 0 Å². The fourth-order valence-electron chi connectivity index (χ4n) is 1.91. The predicted molar refractivity (Wildman–Crippen MR) is 90.6 cm³/mol. The minimum absolute atomic E-state index is 0.0909. The Labute approximate surface area is 141 Å². The van der Waals surface area contributed by atoms with Crippen LogP contribution < -0.4 is 15.4 Å². The Morgan fingerprint density at radius 2 is 2.04 bits per heavy atom. The van der Waals surface area contributed by atoms with E-state index in [0.29, 0.717) is 30.6 Å². The quantitative estimate of drug-likeness (QED) is 0.473. The summed E-state index contributed by atoms with van der Waals surface area (Å²) in [4.78, 5) is 22.8. The number of aromatic hydroxyl groups is 1. The largest absolute Gasteiger partial charge is 0.507 e. The topological polar surface area (TPSA) is 108 Å². The smallest absolute Gasteiger partial charge is 0.239 e. The minimum Gasteiger partial charge on any atom is -0.507 e. The third kappa shape index (κ3) is 7.64. The van der Waals surface area contributed by atoms with Gasteiger partial charge in [-0.15, -0.1) is 0 Å². The number of carbonyl (C=O) groups is 2. The third-order valence-corrected chi connectivity index (χ3v) is 3.19. The number of allylic oxidation sites excluding steroid dienone is 1. The van der Waals surface area contributed by atoms with Crippen LogP contribution in [0, 0.1) is 0 Å². The van der Waals surface area contributed by atoms with Crippen LogP contribution in [-0.4, -0.2) is 48.8 Å². The molecule has 0 atom stereocenters. The van der Waals surface area contributed by atoms with Crippen LogP contribution in [0.5, 0.6) is 11.5 Å². The number of benzene rings is 1. The van der Waals surface area contributed by atoms with Crippen LogP contribution in [0.2, 0.25) is 0 Å². The average molecular weight is 336 g/mol. The van der Waals surface area contributed by atoms with Crippen molar-refractivity contribution in [3.8, 4) is 11.5 Å². The van der Waals surface area contributed by atoms with Gasteiger partial charge >= 0.3 is 0 Å². The highest BCUT2D eigenvalue weighted by atomic mass is 16.5. The maximum absolute atomic E-state index is 11.6. The molecule has 0 aliphatic carbocycles. The number of aliphatic hydroxyl groups is 1. The Balaban J connectivity index is 2.25. The van der Waals surface area contributed by atoms with Gasteiger partial charge in [0.15, 0.2) is 0 Å². The first-order valence-corrected chi connectivity index (χ1v) is 7.74. The van der Waals surface area contributed by atoms with Gasteiger partial charge in [0.1, 0.15) is 11.5 Å². The van der Waals surface area contributed by atoms with E-state index in [1.165, 1.54) is 0 Å². The Kier molecular flexibility index (Phi) is 8.99. The number of methoxy groups -OCH3 is 1. The first-order chi connectivity index (χ1) is 11.6. The van der Waals surface area contributed by atoms with Crippen LogP contribution >= 0.6 is 0 Å². The van der Waals surface area contributed by atoms with E-state index in [-0.39, 0.29) is 37.3 Å². The van der Waals surface area contributed by atoms with Crippen molar-refractivity contribution in [1.82, 2.24) is 10.6 Å². The molecule has 24 heavy (non-hydrogen) atoms. The van der Waals surface area contributed by atoms with Gasteiger partial charge in [-0.2, -0.15) is 0 Å². The molecule has 0 aromatic heterocycles. The van der Waals surface area contributed by atoms with Gasteiger partial charge in [-0.25, -0.2) is 0 Å². The summed E-state index contributed by atoms with van der Waals surface area (Å²) in [5.74, 6) is 0.294. The molecular formula is C17H24N2O5. The van der Waals surface area contributed by atoms with Gasteiger partial charge in [0.2, 0.25) is 11.8 Å². The number of phenolic OH excluding ortho intramolecular Hbond substituents is 1. The van der Waals surface area contributed by atoms with Crippen LogP contribution in [0.4, 0.5) is 0 Å². The number of unbranched alkanes of at least 4 members (excludes halogenated alkanes) is 1. The van der Waals surface area contributed by atoms with Gasteiger partial charge in [0, 0.05) is 18.5 Å². The van der Waals surface area contributed by atoms with Crippen LogP contribution in [-0.2, 0) is 9.59 Å². The summed E-state index contributed by atoms with van der Waals surface area (Å²) in [5, 5.41) is 23.3. The molecule has 1 aromatic carbocycles. The average Bonchev–Trinajstić information content (AvgIpc) is 2.59. The molecule has 0 bridgehead atoms. The van der Waals surface area contributed by atoms with Crippen LogP contribution in [0.25, 0.3) is 6.08 Å². The van der Waals surface area contributed by atoms with Crippen LogP contribution in [0.15, 0.2) is 24.3 Å². The van der Waals surface area contributed by atoms with E-state index in [0.717, 1.165) is 0 Å². The molecule has 7 nitrogen and oxygen atoms in total. The van der Waals surface area contributed by atoms with Gasteiger partial charge in [0.05, 0.1) is 20.3 Å². The third-order valence-electron chi connectivity index (χ3n) is 3.19. The molecule has 132 valence electrons. The van der Waals surface area contributed by atoms with Gasteiger partial charge in [-0.3, -0.25) is 9.59 Å². The molecule has 0 heterocycles. The van der Waals surface area contributed by atoms with E-state index in [4.69, 9.17) is 9.84 Å². The second-order valence-corrected chi connectivity index (χ2v) is 5.07. The molecule has 1 aromatic rings. The van der Waals surface area contributed by atoms with Crippen molar-refractivity contribution in [2.75, 3.05) is 26.8 Å². The molecule has 0 spiro atoms. The second-order valence-electron chi connectivity index (χ2n) is 5.07. The number of nitrogens with one attached hydrogen (secondary N) is 2. The van der Waals surface area contributed by atoms with Crippen molar-refractivity contribution < 1.29 is 24.5 Å². The SMILES string of the molecule is COc1ccc(O)c(C=CCCCC(=O)NCC(=O)NCCO)c1. The molecule has 7 heteroatoms. The van der Waals surface area contributed by atoms with Crippen LogP contribution in [0.1, 0.15) is 24.8 Å². The summed E-state index contributed by atoms with van der Waals surface area (Å²) in [6.07, 6.45) is 5.25. The first kappa shape index (κ1) is 19.5. The zero-order valence-electron chi connectivity index (χ0n) is 13.7. The molecule has 0 saturated heterocycles. The van der Waals surface area contributed by atoms with Crippen molar-refractivity contribution in [2.45, 2.75) is 19.3 Å². The lowest BCUT2D eigenvalue weighted by molar-refractivity contribution is -0.126. The number of ether oxygens (including phenoxy) is 1. The number of hydrogen-bond donors (Lipinski definition) is 4. The summed E-state index contributed by atoms with van der Waals surface area (Å²) >= 11 is 0. The maximum Gasteiger partial charge on any atom is 0.239 e. The van der Waals surface area contributed by atoms with E-state index < -0.39 is 0 Å². The predicted octanol–water partition coefficient (Wildman–Crippen LogP) is 0.809. The van der Waals surface area contributed by atoms with Crippen molar-refractivity contribution >= 4 is 17.9 Å². The molecule has 0 aliphatic rings. The fourth-order valence-corrected chi connectivity index (χ4v) is 1.91. The van der Waals surface area contributed by atoms with E-state index in [1.807, 2.05) is 6.08 Å². The summed E-state index contributed by atoms with van der Waals surface area (Å²) in [6, 6.07) is 4.96. The number of hydrogen-bond acceptors (Lipinski definition) is 5. The number of rotatable bonds is 10. The Bertz CT molecular complexity index is 572. The summed E-state index contributed by atoms with van der Waals surface area (Å²) in [7, 11) is 1.56. The molecule has 0 aliphatic heterocycles. The van der Waals surface area contributed by atoms with Crippen molar-refractivity contribution in [3.05, 3.63) is 29.8 Å². The van der Waals surface area contributed by atoms with Crippen molar-refractivity contribution in [3.63, 3.8) is 0 Å². The van der Waals surface area contributed by atoms with Gasteiger partial charge in [0.25, 0.3) is 0 Å². The molecule has 4 N–H and O–H groups in total. The molecule has 0 saturated carbocycles. The molecular weight excluding hydrogens is 312 g/mol. The lowest BCUT2D eigenvalue weighted by atomic mass is 10.1. The zero-order chi connectivity index (χ0) is 17.8. The molecule has 0 unspecified atom stereocenters. The van der Waals surface area contributed by atoms with Crippen molar-refractivity contribution in [1.29, 1.82) is 0 Å². The zero-order valence-corrected chi connectivity index (χ0v) is 13.7. The maximum atomic E-state index is 11.6. The minimum atomic E-state index is -0.328. The van der Waals surface area contributed by atoms with E-state index in [2.05, 4.69) is 10.6 Å². The van der Waals surface area contributed by atoms with E-state index in [9.17, 15) is 14.7 Å².